The monoisotopic (exact) mass is 291 g/mol. The van der Waals surface area contributed by atoms with Gasteiger partial charge in [0.2, 0.25) is 0 Å². The van der Waals surface area contributed by atoms with E-state index < -0.39 is 6.10 Å². The van der Waals surface area contributed by atoms with Crippen molar-refractivity contribution in [1.82, 2.24) is 4.98 Å². The number of pyridine rings is 1. The van der Waals surface area contributed by atoms with Crippen LogP contribution in [0.4, 0.5) is 0 Å². The second kappa shape index (κ2) is 4.98. The standard InChI is InChI=1S/C14H14BrNO/c1-9-6-11(8-16-7-9)14(17)12-4-3-5-13(15)10(12)2/h3-8,14,17H,1-2H3. The molecular weight excluding hydrogens is 278 g/mol. The molecule has 0 aliphatic carbocycles. The molecule has 2 rings (SSSR count). The van der Waals surface area contributed by atoms with Crippen LogP contribution in [-0.2, 0) is 0 Å². The summed E-state index contributed by atoms with van der Waals surface area (Å²) >= 11 is 3.47. The second-order valence-electron chi connectivity index (χ2n) is 4.15. The largest absolute Gasteiger partial charge is 0.384 e. The Balaban J connectivity index is 2.44. The summed E-state index contributed by atoms with van der Waals surface area (Å²) < 4.78 is 1.01. The molecule has 1 atom stereocenters. The first-order valence-corrected chi connectivity index (χ1v) is 6.23. The highest BCUT2D eigenvalue weighted by Gasteiger charge is 2.14. The molecule has 0 saturated carbocycles. The molecule has 1 aromatic carbocycles. The van der Waals surface area contributed by atoms with Gasteiger partial charge >= 0.3 is 0 Å². The van der Waals surface area contributed by atoms with Crippen molar-refractivity contribution in [2.45, 2.75) is 20.0 Å². The number of halogens is 1. The predicted octanol–water partition coefficient (Wildman–Crippen LogP) is 3.54. The van der Waals surface area contributed by atoms with Crippen LogP contribution < -0.4 is 0 Å². The molecule has 88 valence electrons. The zero-order valence-electron chi connectivity index (χ0n) is 9.81. The van der Waals surface area contributed by atoms with Gasteiger partial charge in [-0.2, -0.15) is 0 Å². The molecule has 0 radical (unpaired) electrons. The van der Waals surface area contributed by atoms with Crippen molar-refractivity contribution < 1.29 is 5.11 Å². The molecule has 1 heterocycles. The van der Waals surface area contributed by atoms with E-state index in [1.807, 2.05) is 38.1 Å². The lowest BCUT2D eigenvalue weighted by atomic mass is 9.98. The molecule has 0 amide bonds. The number of aliphatic hydroxyl groups is 1. The van der Waals surface area contributed by atoms with Gasteiger partial charge in [-0.1, -0.05) is 34.1 Å². The number of nitrogens with zero attached hydrogens (tertiary/aromatic N) is 1. The van der Waals surface area contributed by atoms with E-state index in [4.69, 9.17) is 0 Å². The average Bonchev–Trinajstić information content (AvgIpc) is 2.32. The minimum absolute atomic E-state index is 0.625. The lowest BCUT2D eigenvalue weighted by Crippen LogP contribution is -2.03. The number of hydrogen-bond donors (Lipinski definition) is 1. The Labute approximate surface area is 109 Å². The van der Waals surface area contributed by atoms with Gasteiger partial charge in [-0.05, 0) is 36.6 Å². The summed E-state index contributed by atoms with van der Waals surface area (Å²) in [5.41, 5.74) is 3.84. The van der Waals surface area contributed by atoms with E-state index in [9.17, 15) is 5.11 Å². The van der Waals surface area contributed by atoms with Crippen molar-refractivity contribution in [1.29, 1.82) is 0 Å². The zero-order valence-corrected chi connectivity index (χ0v) is 11.4. The Morgan fingerprint density at radius 1 is 1.24 bits per heavy atom. The van der Waals surface area contributed by atoms with Gasteiger partial charge in [0.05, 0.1) is 0 Å². The lowest BCUT2D eigenvalue weighted by Gasteiger charge is -2.15. The Bertz CT molecular complexity index is 539. The highest BCUT2D eigenvalue weighted by Crippen LogP contribution is 2.28. The first kappa shape index (κ1) is 12.3. The summed E-state index contributed by atoms with van der Waals surface area (Å²) in [7, 11) is 0. The molecule has 0 bridgehead atoms. The molecule has 17 heavy (non-hydrogen) atoms. The van der Waals surface area contributed by atoms with Crippen molar-refractivity contribution in [2.75, 3.05) is 0 Å². The van der Waals surface area contributed by atoms with E-state index in [1.165, 1.54) is 0 Å². The summed E-state index contributed by atoms with van der Waals surface area (Å²) in [5.74, 6) is 0. The van der Waals surface area contributed by atoms with Crippen LogP contribution in [0.1, 0.15) is 28.4 Å². The molecule has 1 N–H and O–H groups in total. The summed E-state index contributed by atoms with van der Waals surface area (Å²) in [4.78, 5) is 4.11. The number of rotatable bonds is 2. The fourth-order valence-corrected chi connectivity index (χ4v) is 2.21. The van der Waals surface area contributed by atoms with Crippen LogP contribution in [0, 0.1) is 13.8 Å². The molecule has 0 aliphatic heterocycles. The normalized spacial score (nSPS) is 12.5. The summed E-state index contributed by atoms with van der Waals surface area (Å²) in [6.07, 6.45) is 2.86. The quantitative estimate of drug-likeness (QED) is 0.918. The van der Waals surface area contributed by atoms with E-state index >= 15 is 0 Å². The van der Waals surface area contributed by atoms with E-state index in [0.717, 1.165) is 26.7 Å². The van der Waals surface area contributed by atoms with Crippen molar-refractivity contribution in [3.8, 4) is 0 Å². The van der Waals surface area contributed by atoms with Gasteiger partial charge < -0.3 is 5.11 Å². The third kappa shape index (κ3) is 2.56. The Morgan fingerprint density at radius 2 is 2.00 bits per heavy atom. The molecule has 3 heteroatoms. The van der Waals surface area contributed by atoms with E-state index in [2.05, 4.69) is 20.9 Å². The first-order chi connectivity index (χ1) is 8.09. The van der Waals surface area contributed by atoms with Crippen LogP contribution in [0.3, 0.4) is 0 Å². The number of aryl methyl sites for hydroxylation is 1. The topological polar surface area (TPSA) is 33.1 Å². The van der Waals surface area contributed by atoms with Crippen molar-refractivity contribution in [3.05, 3.63) is 63.4 Å². The maximum absolute atomic E-state index is 10.4. The summed E-state index contributed by atoms with van der Waals surface area (Å²) in [6.45, 7) is 3.96. The molecule has 0 saturated heterocycles. The molecular formula is C14H14BrNO. The van der Waals surface area contributed by atoms with Crippen LogP contribution >= 0.6 is 15.9 Å². The van der Waals surface area contributed by atoms with Crippen molar-refractivity contribution in [2.24, 2.45) is 0 Å². The molecule has 2 nitrogen and oxygen atoms in total. The van der Waals surface area contributed by atoms with Crippen LogP contribution in [0.5, 0.6) is 0 Å². The van der Waals surface area contributed by atoms with Crippen LogP contribution in [0.2, 0.25) is 0 Å². The number of benzene rings is 1. The fourth-order valence-electron chi connectivity index (χ4n) is 1.83. The second-order valence-corrected chi connectivity index (χ2v) is 5.01. The van der Waals surface area contributed by atoms with Gasteiger partial charge in [0, 0.05) is 22.4 Å². The minimum atomic E-state index is -0.625. The first-order valence-electron chi connectivity index (χ1n) is 5.44. The Hall–Kier alpha value is -1.19. The van der Waals surface area contributed by atoms with Gasteiger partial charge in [-0.15, -0.1) is 0 Å². The SMILES string of the molecule is Cc1cncc(C(O)c2cccc(Br)c2C)c1. The Morgan fingerprint density at radius 3 is 2.71 bits per heavy atom. The van der Waals surface area contributed by atoms with Gasteiger partial charge in [0.25, 0.3) is 0 Å². The summed E-state index contributed by atoms with van der Waals surface area (Å²) in [6, 6.07) is 7.80. The van der Waals surface area contributed by atoms with E-state index in [1.54, 1.807) is 12.4 Å². The number of aromatic nitrogens is 1. The highest BCUT2D eigenvalue weighted by molar-refractivity contribution is 9.10. The van der Waals surface area contributed by atoms with Gasteiger partial charge in [-0.25, -0.2) is 0 Å². The Kier molecular flexibility index (Phi) is 3.60. The summed E-state index contributed by atoms with van der Waals surface area (Å²) in [5, 5.41) is 10.4. The molecule has 0 aliphatic rings. The molecule has 1 unspecified atom stereocenters. The molecule has 1 aromatic heterocycles. The third-order valence-corrected chi connectivity index (χ3v) is 3.68. The molecule has 0 fully saturated rings. The number of hydrogen-bond acceptors (Lipinski definition) is 2. The fraction of sp³-hybridized carbons (Fsp3) is 0.214. The maximum atomic E-state index is 10.4. The van der Waals surface area contributed by atoms with Crippen LogP contribution in [-0.4, -0.2) is 10.1 Å². The maximum Gasteiger partial charge on any atom is 0.106 e. The van der Waals surface area contributed by atoms with E-state index in [0.29, 0.717) is 0 Å². The van der Waals surface area contributed by atoms with Gasteiger partial charge in [-0.3, -0.25) is 4.98 Å². The van der Waals surface area contributed by atoms with Crippen molar-refractivity contribution in [3.63, 3.8) is 0 Å². The van der Waals surface area contributed by atoms with Crippen LogP contribution in [0.15, 0.2) is 41.1 Å². The highest BCUT2D eigenvalue weighted by atomic mass is 79.9. The average molecular weight is 292 g/mol. The smallest absolute Gasteiger partial charge is 0.106 e. The van der Waals surface area contributed by atoms with Crippen LogP contribution in [0.25, 0.3) is 0 Å². The lowest BCUT2D eigenvalue weighted by molar-refractivity contribution is 0.219. The van der Waals surface area contributed by atoms with Gasteiger partial charge in [0.15, 0.2) is 0 Å². The van der Waals surface area contributed by atoms with Crippen molar-refractivity contribution >= 4 is 15.9 Å². The van der Waals surface area contributed by atoms with E-state index in [-0.39, 0.29) is 0 Å². The zero-order chi connectivity index (χ0) is 12.4. The minimum Gasteiger partial charge on any atom is -0.384 e. The predicted molar refractivity (Wildman–Crippen MR) is 71.9 cm³/mol. The molecule has 2 aromatic rings. The molecule has 0 spiro atoms. The number of aliphatic hydroxyl groups excluding tert-OH is 1. The third-order valence-electron chi connectivity index (χ3n) is 2.82. The van der Waals surface area contributed by atoms with Gasteiger partial charge in [0.1, 0.15) is 6.10 Å².